The lowest BCUT2D eigenvalue weighted by atomic mass is 10.1. The minimum absolute atomic E-state index is 0.0767. The van der Waals surface area contributed by atoms with E-state index in [9.17, 15) is 13.2 Å². The van der Waals surface area contributed by atoms with E-state index in [-0.39, 0.29) is 24.4 Å². The fraction of sp³-hybridized carbons (Fsp3) is 0.667. The summed E-state index contributed by atoms with van der Waals surface area (Å²) < 4.78 is 24.6. The third kappa shape index (κ3) is 4.68. The van der Waals surface area contributed by atoms with E-state index in [1.807, 2.05) is 6.92 Å². The molecule has 114 valence electrons. The Labute approximate surface area is 127 Å². The average molecular weight is 366 g/mol. The summed E-state index contributed by atoms with van der Waals surface area (Å²) in [6.45, 7) is 1.98. The van der Waals surface area contributed by atoms with Gasteiger partial charge in [-0.3, -0.25) is 9.48 Å². The Bertz CT molecular complexity index is 595. The Hall–Kier alpha value is -0.730. The Balaban J connectivity index is 2.73. The third-order valence-electron chi connectivity index (χ3n) is 3.06. The molecule has 1 atom stereocenters. The van der Waals surface area contributed by atoms with Crippen LogP contribution in [-0.2, 0) is 34.5 Å². The second kappa shape index (κ2) is 6.82. The highest BCUT2D eigenvalue weighted by atomic mass is 79.9. The average Bonchev–Trinajstić information content (AvgIpc) is 2.62. The van der Waals surface area contributed by atoms with E-state index in [4.69, 9.17) is 5.73 Å². The number of hydrogen-bond acceptors (Lipinski definition) is 5. The molecule has 0 radical (unpaired) electrons. The molecule has 0 amide bonds. The molecule has 0 saturated heterocycles. The first-order valence-corrected chi connectivity index (χ1v) is 9.17. The molecule has 0 aliphatic rings. The predicted octanol–water partition coefficient (Wildman–Crippen LogP) is 0.619. The van der Waals surface area contributed by atoms with Crippen LogP contribution in [0.2, 0.25) is 0 Å². The number of aromatic nitrogens is 2. The molecule has 1 unspecified atom stereocenters. The number of Topliss-reactive ketones (excluding diaryl/α,β-unsaturated/α-hetero) is 1. The number of halogens is 1. The third-order valence-corrected chi connectivity index (χ3v) is 4.95. The molecule has 0 spiro atoms. The first-order valence-electron chi connectivity index (χ1n) is 6.32. The highest BCUT2D eigenvalue weighted by Crippen LogP contribution is 2.22. The summed E-state index contributed by atoms with van der Waals surface area (Å²) in [5, 5.41) is 4.31. The molecule has 0 saturated carbocycles. The van der Waals surface area contributed by atoms with Crippen LogP contribution in [0.15, 0.2) is 4.47 Å². The van der Waals surface area contributed by atoms with E-state index < -0.39 is 15.9 Å². The van der Waals surface area contributed by atoms with Crippen molar-refractivity contribution >= 4 is 31.6 Å². The van der Waals surface area contributed by atoms with Crippen molar-refractivity contribution in [2.45, 2.75) is 32.2 Å². The van der Waals surface area contributed by atoms with Crippen LogP contribution in [-0.4, -0.2) is 42.0 Å². The molecule has 0 bridgehead atoms. The zero-order valence-electron chi connectivity index (χ0n) is 11.9. The summed E-state index contributed by atoms with van der Waals surface area (Å²) >= 11 is 3.44. The summed E-state index contributed by atoms with van der Waals surface area (Å²) in [5.41, 5.74) is 7.41. The Morgan fingerprint density at radius 3 is 2.55 bits per heavy atom. The van der Waals surface area contributed by atoms with Gasteiger partial charge < -0.3 is 5.73 Å². The number of carbonyl (C=O) groups excluding carboxylic acids is 1. The first-order chi connectivity index (χ1) is 9.15. The Morgan fingerprint density at radius 2 is 2.10 bits per heavy atom. The quantitative estimate of drug-likeness (QED) is 0.763. The molecular weight excluding hydrogens is 346 g/mol. The largest absolute Gasteiger partial charge is 0.321 e. The lowest BCUT2D eigenvalue weighted by molar-refractivity contribution is -0.119. The van der Waals surface area contributed by atoms with Crippen LogP contribution in [0.3, 0.4) is 0 Å². The summed E-state index contributed by atoms with van der Waals surface area (Å²) in [7, 11) is -1.33. The van der Waals surface area contributed by atoms with Gasteiger partial charge in [0.1, 0.15) is 9.84 Å². The molecule has 2 N–H and O–H groups in total. The number of rotatable bonds is 7. The molecule has 0 fully saturated rings. The number of ketones is 1. The number of nitrogens with two attached hydrogens (primary N) is 1. The minimum atomic E-state index is -3.10. The smallest absolute Gasteiger partial charge is 0.155 e. The van der Waals surface area contributed by atoms with Gasteiger partial charge in [0.2, 0.25) is 0 Å². The SMILES string of the molecule is CCc1nn(C)c(CC(=O)C(N)CCS(C)(=O)=O)c1Br. The van der Waals surface area contributed by atoms with E-state index in [2.05, 4.69) is 21.0 Å². The van der Waals surface area contributed by atoms with Crippen molar-refractivity contribution in [3.05, 3.63) is 15.9 Å². The lowest BCUT2D eigenvalue weighted by Gasteiger charge is -2.10. The fourth-order valence-corrected chi connectivity index (χ4v) is 3.25. The minimum Gasteiger partial charge on any atom is -0.321 e. The van der Waals surface area contributed by atoms with Gasteiger partial charge in [0, 0.05) is 13.3 Å². The molecule has 6 nitrogen and oxygen atoms in total. The maximum Gasteiger partial charge on any atom is 0.155 e. The number of aryl methyl sites for hydroxylation is 2. The van der Waals surface area contributed by atoms with Crippen molar-refractivity contribution in [3.8, 4) is 0 Å². The first kappa shape index (κ1) is 17.3. The second-order valence-corrected chi connectivity index (χ2v) is 7.91. The zero-order valence-corrected chi connectivity index (χ0v) is 14.3. The highest BCUT2D eigenvalue weighted by molar-refractivity contribution is 9.10. The lowest BCUT2D eigenvalue weighted by Crippen LogP contribution is -2.34. The van der Waals surface area contributed by atoms with Gasteiger partial charge in [-0.25, -0.2) is 8.42 Å². The van der Waals surface area contributed by atoms with Crippen molar-refractivity contribution in [3.63, 3.8) is 0 Å². The predicted molar refractivity (Wildman–Crippen MR) is 81.3 cm³/mol. The summed E-state index contributed by atoms with van der Waals surface area (Å²) in [4.78, 5) is 12.0. The topological polar surface area (TPSA) is 95.0 Å². The van der Waals surface area contributed by atoms with Gasteiger partial charge in [-0.15, -0.1) is 0 Å². The van der Waals surface area contributed by atoms with E-state index in [1.54, 1.807) is 11.7 Å². The van der Waals surface area contributed by atoms with Gasteiger partial charge in [-0.1, -0.05) is 6.92 Å². The van der Waals surface area contributed by atoms with Crippen molar-refractivity contribution in [2.24, 2.45) is 12.8 Å². The summed E-state index contributed by atoms with van der Waals surface area (Å²) in [6, 6.07) is -0.767. The van der Waals surface area contributed by atoms with Crippen LogP contribution in [0.25, 0.3) is 0 Å². The van der Waals surface area contributed by atoms with Crippen LogP contribution in [0.1, 0.15) is 24.7 Å². The molecule has 0 aliphatic carbocycles. The Kier molecular flexibility index (Phi) is 5.91. The Morgan fingerprint density at radius 1 is 1.50 bits per heavy atom. The maximum atomic E-state index is 12.0. The van der Waals surface area contributed by atoms with E-state index >= 15 is 0 Å². The summed E-state index contributed by atoms with van der Waals surface area (Å²) in [5.74, 6) is -0.257. The molecule has 0 aromatic carbocycles. The van der Waals surface area contributed by atoms with Gasteiger partial charge >= 0.3 is 0 Å². The summed E-state index contributed by atoms with van der Waals surface area (Å²) in [6.07, 6.45) is 2.20. The molecule has 8 heteroatoms. The van der Waals surface area contributed by atoms with E-state index in [0.717, 1.165) is 28.5 Å². The van der Waals surface area contributed by atoms with Crippen LogP contribution < -0.4 is 5.73 Å². The normalized spacial score (nSPS) is 13.4. The molecule has 20 heavy (non-hydrogen) atoms. The molecule has 1 heterocycles. The second-order valence-electron chi connectivity index (χ2n) is 4.85. The van der Waals surface area contributed by atoms with Crippen molar-refractivity contribution in [1.29, 1.82) is 0 Å². The van der Waals surface area contributed by atoms with E-state index in [1.165, 1.54) is 0 Å². The molecular formula is C12H20BrN3O3S. The van der Waals surface area contributed by atoms with Gasteiger partial charge in [0.05, 0.1) is 34.1 Å². The van der Waals surface area contributed by atoms with Gasteiger partial charge in [0.25, 0.3) is 0 Å². The van der Waals surface area contributed by atoms with Crippen LogP contribution in [0.4, 0.5) is 0 Å². The number of sulfone groups is 1. The highest BCUT2D eigenvalue weighted by Gasteiger charge is 2.20. The number of nitrogens with zero attached hydrogens (tertiary/aromatic N) is 2. The van der Waals surface area contributed by atoms with Crippen LogP contribution in [0.5, 0.6) is 0 Å². The van der Waals surface area contributed by atoms with Crippen LogP contribution >= 0.6 is 15.9 Å². The fourth-order valence-electron chi connectivity index (χ4n) is 1.81. The van der Waals surface area contributed by atoms with Crippen molar-refractivity contribution < 1.29 is 13.2 Å². The molecule has 1 aromatic heterocycles. The standard InChI is InChI=1S/C12H20BrN3O3S/c1-4-9-12(13)10(16(2)15-9)7-11(17)8(14)5-6-20(3,18)19/h8H,4-7,14H2,1-3H3. The van der Waals surface area contributed by atoms with Crippen LogP contribution in [0, 0.1) is 0 Å². The van der Waals surface area contributed by atoms with Crippen molar-refractivity contribution in [2.75, 3.05) is 12.0 Å². The van der Waals surface area contributed by atoms with Gasteiger partial charge in [-0.2, -0.15) is 5.10 Å². The van der Waals surface area contributed by atoms with Gasteiger partial charge in [0.15, 0.2) is 5.78 Å². The maximum absolute atomic E-state index is 12.0. The molecule has 1 rings (SSSR count). The van der Waals surface area contributed by atoms with E-state index in [0.29, 0.717) is 0 Å². The van der Waals surface area contributed by atoms with Gasteiger partial charge in [-0.05, 0) is 28.8 Å². The molecule has 0 aliphatic heterocycles. The van der Waals surface area contributed by atoms with Crippen molar-refractivity contribution in [1.82, 2.24) is 9.78 Å². The number of hydrogen-bond donors (Lipinski definition) is 1. The number of carbonyl (C=O) groups is 1. The molecule has 1 aromatic rings. The zero-order chi connectivity index (χ0) is 15.5. The monoisotopic (exact) mass is 365 g/mol.